The molecule has 0 aliphatic heterocycles. The van der Waals surface area contributed by atoms with Crippen LogP contribution in [0.4, 0.5) is 0 Å². The molecule has 0 spiro atoms. The van der Waals surface area contributed by atoms with Crippen molar-refractivity contribution in [3.8, 4) is 0 Å². The Hall–Kier alpha value is -0.820. The molecule has 1 N–H and O–H groups in total. The van der Waals surface area contributed by atoms with Crippen molar-refractivity contribution in [3.05, 3.63) is 34.4 Å². The summed E-state index contributed by atoms with van der Waals surface area (Å²) in [4.78, 5) is 0. The summed E-state index contributed by atoms with van der Waals surface area (Å²) >= 11 is 0. The van der Waals surface area contributed by atoms with Crippen molar-refractivity contribution in [2.75, 3.05) is 0 Å². The zero-order valence-corrected chi connectivity index (χ0v) is 11.5. The highest BCUT2D eigenvalue weighted by Crippen LogP contribution is 2.21. The first-order chi connectivity index (χ1) is 8.20. The maximum atomic E-state index is 3.73. The Morgan fingerprint density at radius 2 is 1.88 bits per heavy atom. The molecule has 0 atom stereocenters. The Labute approximate surface area is 106 Å². The summed E-state index contributed by atoms with van der Waals surface area (Å²) in [5.41, 5.74) is 5.90. The summed E-state index contributed by atoms with van der Waals surface area (Å²) in [5.74, 6) is 0. The van der Waals surface area contributed by atoms with Crippen LogP contribution < -0.4 is 5.32 Å². The van der Waals surface area contributed by atoms with Crippen LogP contribution in [0.2, 0.25) is 0 Å². The Morgan fingerprint density at radius 3 is 2.53 bits per heavy atom. The molecule has 1 aliphatic rings. The quantitative estimate of drug-likeness (QED) is 0.828. The van der Waals surface area contributed by atoms with Gasteiger partial charge in [-0.15, -0.1) is 0 Å². The van der Waals surface area contributed by atoms with Gasteiger partial charge in [0.25, 0.3) is 0 Å². The molecule has 1 aliphatic carbocycles. The summed E-state index contributed by atoms with van der Waals surface area (Å²) in [7, 11) is 0. The zero-order chi connectivity index (χ0) is 12.3. The second kappa shape index (κ2) is 5.68. The Kier molecular flexibility index (Phi) is 4.22. The number of nitrogens with one attached hydrogen (secondary N) is 1. The number of aryl methyl sites for hydroxylation is 2. The van der Waals surface area contributed by atoms with Gasteiger partial charge in [-0.05, 0) is 49.8 Å². The third-order valence-corrected chi connectivity index (χ3v) is 4.00. The van der Waals surface area contributed by atoms with E-state index < -0.39 is 0 Å². The largest absolute Gasteiger partial charge is 0.310 e. The highest BCUT2D eigenvalue weighted by atomic mass is 14.9. The van der Waals surface area contributed by atoms with Gasteiger partial charge in [0.1, 0.15) is 0 Å². The van der Waals surface area contributed by atoms with Crippen molar-refractivity contribution in [1.29, 1.82) is 0 Å². The average molecular weight is 231 g/mol. The van der Waals surface area contributed by atoms with E-state index in [-0.39, 0.29) is 0 Å². The van der Waals surface area contributed by atoms with Gasteiger partial charge in [-0.1, -0.05) is 37.5 Å². The molecule has 1 heteroatoms. The number of hydrogen-bond acceptors (Lipinski definition) is 1. The van der Waals surface area contributed by atoms with Crippen molar-refractivity contribution < 1.29 is 0 Å². The van der Waals surface area contributed by atoms with Crippen LogP contribution in [0.1, 0.15) is 54.9 Å². The summed E-state index contributed by atoms with van der Waals surface area (Å²) in [6, 6.07) is 5.42. The maximum absolute atomic E-state index is 3.73. The third-order valence-electron chi connectivity index (χ3n) is 4.00. The Bertz CT molecular complexity index is 375. The van der Waals surface area contributed by atoms with Gasteiger partial charge in [-0.25, -0.2) is 0 Å². The van der Waals surface area contributed by atoms with Crippen LogP contribution in [-0.4, -0.2) is 6.04 Å². The van der Waals surface area contributed by atoms with Crippen LogP contribution in [-0.2, 0) is 13.0 Å². The van der Waals surface area contributed by atoms with Crippen molar-refractivity contribution in [1.82, 2.24) is 5.32 Å². The first kappa shape index (κ1) is 12.6. The van der Waals surface area contributed by atoms with Gasteiger partial charge in [0, 0.05) is 12.6 Å². The van der Waals surface area contributed by atoms with Crippen LogP contribution >= 0.6 is 0 Å². The normalized spacial score (nSPS) is 16.6. The first-order valence-corrected chi connectivity index (χ1v) is 7.03. The molecule has 1 fully saturated rings. The first-order valence-electron chi connectivity index (χ1n) is 7.03. The van der Waals surface area contributed by atoms with Gasteiger partial charge in [0.05, 0.1) is 0 Å². The van der Waals surface area contributed by atoms with E-state index in [1.165, 1.54) is 42.4 Å². The molecule has 0 saturated heterocycles. The molecular weight excluding hydrogens is 206 g/mol. The standard InChI is InChI=1S/C16H25N/c1-4-16-13(3)9-12(2)10-14(16)11-17-15-7-5-6-8-15/h9-10,15,17H,4-8,11H2,1-3H3. The number of hydrogen-bond donors (Lipinski definition) is 1. The third kappa shape index (κ3) is 3.10. The van der Waals surface area contributed by atoms with E-state index in [0.29, 0.717) is 0 Å². The van der Waals surface area contributed by atoms with Crippen LogP contribution in [0, 0.1) is 13.8 Å². The van der Waals surface area contributed by atoms with Crippen LogP contribution in [0.5, 0.6) is 0 Å². The molecule has 1 nitrogen and oxygen atoms in total. The maximum Gasteiger partial charge on any atom is 0.0211 e. The molecule has 0 heterocycles. The van der Waals surface area contributed by atoms with Gasteiger partial charge in [0.2, 0.25) is 0 Å². The molecule has 1 saturated carbocycles. The number of benzene rings is 1. The van der Waals surface area contributed by atoms with E-state index >= 15 is 0 Å². The molecule has 17 heavy (non-hydrogen) atoms. The Balaban J connectivity index is 2.07. The molecule has 0 bridgehead atoms. The van der Waals surface area contributed by atoms with Gasteiger partial charge in [0.15, 0.2) is 0 Å². The lowest BCUT2D eigenvalue weighted by atomic mass is 9.97. The van der Waals surface area contributed by atoms with E-state index in [9.17, 15) is 0 Å². The average Bonchev–Trinajstić information content (AvgIpc) is 2.78. The smallest absolute Gasteiger partial charge is 0.0211 e. The second-order valence-electron chi connectivity index (χ2n) is 5.44. The summed E-state index contributed by atoms with van der Waals surface area (Å²) in [6.07, 6.45) is 6.70. The van der Waals surface area contributed by atoms with E-state index in [1.807, 2.05) is 0 Å². The predicted molar refractivity (Wildman–Crippen MR) is 74.4 cm³/mol. The van der Waals surface area contributed by atoms with Gasteiger partial charge in [-0.2, -0.15) is 0 Å². The van der Waals surface area contributed by atoms with E-state index in [4.69, 9.17) is 0 Å². The van der Waals surface area contributed by atoms with Gasteiger partial charge >= 0.3 is 0 Å². The molecular formula is C16H25N. The van der Waals surface area contributed by atoms with Crippen LogP contribution in [0.25, 0.3) is 0 Å². The molecule has 0 aromatic heterocycles. The van der Waals surface area contributed by atoms with Crippen molar-refractivity contribution in [2.45, 2.75) is 65.5 Å². The van der Waals surface area contributed by atoms with Crippen LogP contribution in [0.15, 0.2) is 12.1 Å². The molecule has 0 unspecified atom stereocenters. The van der Waals surface area contributed by atoms with Crippen LogP contribution in [0.3, 0.4) is 0 Å². The monoisotopic (exact) mass is 231 g/mol. The van der Waals surface area contributed by atoms with E-state index in [1.54, 1.807) is 5.56 Å². The zero-order valence-electron chi connectivity index (χ0n) is 11.5. The summed E-state index contributed by atoms with van der Waals surface area (Å²) < 4.78 is 0. The number of rotatable bonds is 4. The van der Waals surface area contributed by atoms with Gasteiger partial charge in [-0.3, -0.25) is 0 Å². The highest BCUT2D eigenvalue weighted by molar-refractivity contribution is 5.38. The minimum Gasteiger partial charge on any atom is -0.310 e. The SMILES string of the molecule is CCc1c(C)cc(C)cc1CNC1CCCC1. The van der Waals surface area contributed by atoms with Crippen molar-refractivity contribution in [2.24, 2.45) is 0 Å². The van der Waals surface area contributed by atoms with Crippen molar-refractivity contribution >= 4 is 0 Å². The van der Waals surface area contributed by atoms with Crippen molar-refractivity contribution in [3.63, 3.8) is 0 Å². The minimum absolute atomic E-state index is 0.764. The molecule has 94 valence electrons. The summed E-state index contributed by atoms with van der Waals surface area (Å²) in [6.45, 7) is 7.75. The topological polar surface area (TPSA) is 12.0 Å². The fourth-order valence-electron chi connectivity index (χ4n) is 3.13. The second-order valence-corrected chi connectivity index (χ2v) is 5.44. The molecule has 0 radical (unpaired) electrons. The molecule has 1 aromatic rings. The predicted octanol–water partition coefficient (Wildman–Crippen LogP) is 3.90. The van der Waals surface area contributed by atoms with Gasteiger partial charge < -0.3 is 5.32 Å². The fraction of sp³-hybridized carbons (Fsp3) is 0.625. The fourth-order valence-corrected chi connectivity index (χ4v) is 3.13. The Morgan fingerprint density at radius 1 is 1.18 bits per heavy atom. The lowest BCUT2D eigenvalue weighted by Gasteiger charge is -2.16. The molecule has 0 amide bonds. The molecule has 2 rings (SSSR count). The minimum atomic E-state index is 0.764. The van der Waals surface area contributed by atoms with E-state index in [2.05, 4.69) is 38.2 Å². The van der Waals surface area contributed by atoms with E-state index in [0.717, 1.165) is 19.0 Å². The highest BCUT2D eigenvalue weighted by Gasteiger charge is 2.14. The summed E-state index contributed by atoms with van der Waals surface area (Å²) in [5, 5.41) is 3.73. The lowest BCUT2D eigenvalue weighted by Crippen LogP contribution is -2.26. The lowest BCUT2D eigenvalue weighted by molar-refractivity contribution is 0.522. The molecule has 1 aromatic carbocycles.